The SMILES string of the molecule is CSCCNC(C)c1cc(C)cc(C)c1. The van der Waals surface area contributed by atoms with Gasteiger partial charge < -0.3 is 5.32 Å². The predicted molar refractivity (Wildman–Crippen MR) is 70.7 cm³/mol. The lowest BCUT2D eigenvalue weighted by Gasteiger charge is -2.15. The van der Waals surface area contributed by atoms with Crippen LogP contribution in [0, 0.1) is 13.8 Å². The molecule has 0 saturated carbocycles. The molecule has 1 nitrogen and oxygen atoms in total. The van der Waals surface area contributed by atoms with Gasteiger partial charge in [-0.05, 0) is 32.6 Å². The molecule has 0 fully saturated rings. The Hall–Kier alpha value is -0.470. The number of rotatable bonds is 5. The second-order valence-electron chi connectivity index (χ2n) is 4.09. The fourth-order valence-electron chi connectivity index (χ4n) is 1.76. The van der Waals surface area contributed by atoms with Crippen molar-refractivity contribution in [3.8, 4) is 0 Å². The van der Waals surface area contributed by atoms with Crippen molar-refractivity contribution in [1.82, 2.24) is 5.32 Å². The Kier molecular flexibility index (Phi) is 5.20. The Morgan fingerprint density at radius 2 is 1.80 bits per heavy atom. The monoisotopic (exact) mass is 223 g/mol. The molecule has 0 aliphatic heterocycles. The van der Waals surface area contributed by atoms with E-state index in [4.69, 9.17) is 0 Å². The zero-order valence-electron chi connectivity index (χ0n) is 10.1. The van der Waals surface area contributed by atoms with Gasteiger partial charge in [-0.3, -0.25) is 0 Å². The first-order valence-corrected chi connectivity index (χ1v) is 6.83. The van der Waals surface area contributed by atoms with Gasteiger partial charge in [0, 0.05) is 18.3 Å². The second-order valence-corrected chi connectivity index (χ2v) is 5.08. The molecule has 2 heteroatoms. The third-order valence-corrected chi connectivity index (χ3v) is 3.11. The maximum Gasteiger partial charge on any atom is 0.0292 e. The summed E-state index contributed by atoms with van der Waals surface area (Å²) in [5, 5.41) is 3.53. The lowest BCUT2D eigenvalue weighted by atomic mass is 10.0. The third-order valence-electron chi connectivity index (χ3n) is 2.50. The third kappa shape index (κ3) is 4.27. The zero-order chi connectivity index (χ0) is 11.3. The summed E-state index contributed by atoms with van der Waals surface area (Å²) in [7, 11) is 0. The molecular weight excluding hydrogens is 202 g/mol. The molecule has 0 spiro atoms. The highest BCUT2D eigenvalue weighted by Crippen LogP contribution is 2.16. The molecule has 0 heterocycles. The number of hydrogen-bond donors (Lipinski definition) is 1. The van der Waals surface area contributed by atoms with Crippen LogP contribution in [-0.2, 0) is 0 Å². The fraction of sp³-hybridized carbons (Fsp3) is 0.538. The molecule has 0 aromatic heterocycles. The molecule has 84 valence electrons. The van der Waals surface area contributed by atoms with Crippen LogP contribution >= 0.6 is 11.8 Å². The number of thioether (sulfide) groups is 1. The molecule has 1 unspecified atom stereocenters. The van der Waals surface area contributed by atoms with Crippen LogP contribution in [0.15, 0.2) is 18.2 Å². The summed E-state index contributed by atoms with van der Waals surface area (Å²) < 4.78 is 0. The van der Waals surface area contributed by atoms with Crippen molar-refractivity contribution in [1.29, 1.82) is 0 Å². The number of benzene rings is 1. The lowest BCUT2D eigenvalue weighted by molar-refractivity contribution is 0.600. The number of hydrogen-bond acceptors (Lipinski definition) is 2. The van der Waals surface area contributed by atoms with Crippen molar-refractivity contribution in [2.45, 2.75) is 26.8 Å². The summed E-state index contributed by atoms with van der Waals surface area (Å²) in [5.41, 5.74) is 4.10. The lowest BCUT2D eigenvalue weighted by Crippen LogP contribution is -2.21. The average molecular weight is 223 g/mol. The van der Waals surface area contributed by atoms with Crippen molar-refractivity contribution in [3.05, 3.63) is 34.9 Å². The molecule has 0 radical (unpaired) electrons. The molecule has 15 heavy (non-hydrogen) atoms. The van der Waals surface area contributed by atoms with Crippen molar-refractivity contribution >= 4 is 11.8 Å². The normalized spacial score (nSPS) is 12.8. The van der Waals surface area contributed by atoms with Gasteiger partial charge in [0.2, 0.25) is 0 Å². The average Bonchev–Trinajstić information content (AvgIpc) is 2.16. The summed E-state index contributed by atoms with van der Waals surface area (Å²) in [6.07, 6.45) is 2.14. The van der Waals surface area contributed by atoms with E-state index >= 15 is 0 Å². The van der Waals surface area contributed by atoms with Crippen LogP contribution < -0.4 is 5.32 Å². The first-order chi connectivity index (χ1) is 7.13. The molecule has 0 saturated heterocycles. The van der Waals surface area contributed by atoms with Crippen LogP contribution in [0.2, 0.25) is 0 Å². The van der Waals surface area contributed by atoms with Crippen LogP contribution in [0.25, 0.3) is 0 Å². The topological polar surface area (TPSA) is 12.0 Å². The van der Waals surface area contributed by atoms with E-state index in [1.807, 2.05) is 11.8 Å². The van der Waals surface area contributed by atoms with E-state index in [2.05, 4.69) is 50.5 Å². The predicted octanol–water partition coefficient (Wildman–Crippen LogP) is 3.32. The van der Waals surface area contributed by atoms with E-state index in [0.717, 1.165) is 6.54 Å². The summed E-state index contributed by atoms with van der Waals surface area (Å²) in [4.78, 5) is 0. The van der Waals surface area contributed by atoms with Gasteiger partial charge in [-0.25, -0.2) is 0 Å². The Balaban J connectivity index is 2.60. The molecule has 1 N–H and O–H groups in total. The van der Waals surface area contributed by atoms with E-state index in [-0.39, 0.29) is 0 Å². The quantitative estimate of drug-likeness (QED) is 0.769. The highest BCUT2D eigenvalue weighted by molar-refractivity contribution is 7.98. The molecule has 0 aliphatic rings. The fourth-order valence-corrected chi connectivity index (χ4v) is 2.08. The summed E-state index contributed by atoms with van der Waals surface area (Å²) in [5.74, 6) is 1.18. The van der Waals surface area contributed by atoms with Crippen LogP contribution in [0.4, 0.5) is 0 Å². The summed E-state index contributed by atoms with van der Waals surface area (Å²) in [6.45, 7) is 7.63. The minimum absolute atomic E-state index is 0.454. The zero-order valence-corrected chi connectivity index (χ0v) is 10.9. The van der Waals surface area contributed by atoms with Gasteiger partial charge in [-0.2, -0.15) is 11.8 Å². The minimum atomic E-state index is 0.454. The second kappa shape index (κ2) is 6.19. The van der Waals surface area contributed by atoms with Gasteiger partial charge in [0.05, 0.1) is 0 Å². The smallest absolute Gasteiger partial charge is 0.0292 e. The van der Waals surface area contributed by atoms with Gasteiger partial charge in [-0.15, -0.1) is 0 Å². The van der Waals surface area contributed by atoms with Crippen LogP contribution in [0.5, 0.6) is 0 Å². The summed E-state index contributed by atoms with van der Waals surface area (Å²) in [6, 6.07) is 7.21. The maximum atomic E-state index is 3.53. The van der Waals surface area contributed by atoms with Gasteiger partial charge in [0.1, 0.15) is 0 Å². The van der Waals surface area contributed by atoms with E-state index in [9.17, 15) is 0 Å². The van der Waals surface area contributed by atoms with E-state index in [1.54, 1.807) is 0 Å². The standard InChI is InChI=1S/C13H21NS/c1-10-7-11(2)9-13(8-10)12(3)14-5-6-15-4/h7-9,12,14H,5-6H2,1-4H3. The van der Waals surface area contributed by atoms with E-state index in [0.29, 0.717) is 6.04 Å². The van der Waals surface area contributed by atoms with Crippen molar-refractivity contribution in [2.24, 2.45) is 0 Å². The van der Waals surface area contributed by atoms with E-state index < -0.39 is 0 Å². The Bertz CT molecular complexity index is 289. The Labute approximate surface area is 97.7 Å². The minimum Gasteiger partial charge on any atom is -0.309 e. The first kappa shape index (κ1) is 12.6. The highest BCUT2D eigenvalue weighted by Gasteiger charge is 2.04. The molecule has 1 aromatic carbocycles. The molecule has 1 atom stereocenters. The molecule has 0 amide bonds. The molecule has 0 aliphatic carbocycles. The van der Waals surface area contributed by atoms with Crippen LogP contribution in [0.3, 0.4) is 0 Å². The largest absolute Gasteiger partial charge is 0.309 e. The number of aryl methyl sites for hydroxylation is 2. The molecule has 1 rings (SSSR count). The summed E-state index contributed by atoms with van der Waals surface area (Å²) >= 11 is 1.88. The van der Waals surface area contributed by atoms with Gasteiger partial charge in [0.25, 0.3) is 0 Å². The van der Waals surface area contributed by atoms with Crippen molar-refractivity contribution in [3.63, 3.8) is 0 Å². The Morgan fingerprint density at radius 1 is 1.20 bits per heavy atom. The Morgan fingerprint density at radius 3 is 2.33 bits per heavy atom. The van der Waals surface area contributed by atoms with Gasteiger partial charge in [0.15, 0.2) is 0 Å². The van der Waals surface area contributed by atoms with Crippen molar-refractivity contribution in [2.75, 3.05) is 18.6 Å². The van der Waals surface area contributed by atoms with Gasteiger partial charge >= 0.3 is 0 Å². The molecule has 0 bridgehead atoms. The van der Waals surface area contributed by atoms with Gasteiger partial charge in [-0.1, -0.05) is 29.3 Å². The molecular formula is C13H21NS. The van der Waals surface area contributed by atoms with Crippen molar-refractivity contribution < 1.29 is 0 Å². The maximum absolute atomic E-state index is 3.53. The number of nitrogens with one attached hydrogen (secondary N) is 1. The first-order valence-electron chi connectivity index (χ1n) is 5.44. The van der Waals surface area contributed by atoms with Crippen LogP contribution in [0.1, 0.15) is 29.7 Å². The van der Waals surface area contributed by atoms with E-state index in [1.165, 1.54) is 22.4 Å². The van der Waals surface area contributed by atoms with Crippen LogP contribution in [-0.4, -0.2) is 18.6 Å². The highest BCUT2D eigenvalue weighted by atomic mass is 32.2. The molecule has 1 aromatic rings.